The van der Waals surface area contributed by atoms with Gasteiger partial charge in [0.25, 0.3) is 0 Å². The van der Waals surface area contributed by atoms with Crippen molar-refractivity contribution in [3.05, 3.63) is 29.8 Å². The molecule has 1 aromatic carbocycles. The molecule has 6 heteroatoms. The van der Waals surface area contributed by atoms with Gasteiger partial charge in [-0.3, -0.25) is 19.3 Å². The van der Waals surface area contributed by atoms with Crippen LogP contribution >= 0.6 is 0 Å². The normalized spacial score (nSPS) is 15.1. The highest BCUT2D eigenvalue weighted by Crippen LogP contribution is 2.18. The number of nitrogens with one attached hydrogen (secondary N) is 2. The quantitative estimate of drug-likeness (QED) is 0.746. The Balaban J connectivity index is 1.89. The molecule has 0 saturated heterocycles. The predicted octanol–water partition coefficient (Wildman–Crippen LogP) is 1.43. The van der Waals surface area contributed by atoms with Crippen molar-refractivity contribution in [3.8, 4) is 0 Å². The lowest BCUT2D eigenvalue weighted by Crippen LogP contribution is -2.45. The van der Waals surface area contributed by atoms with Crippen LogP contribution in [0.1, 0.15) is 37.0 Å². The lowest BCUT2D eigenvalue weighted by Gasteiger charge is -2.23. The molecule has 1 aromatic rings. The van der Waals surface area contributed by atoms with E-state index in [1.807, 2.05) is 0 Å². The maximum atomic E-state index is 12.3. The Labute approximate surface area is 136 Å². The molecule has 1 fully saturated rings. The zero-order chi connectivity index (χ0) is 17.0. The monoisotopic (exact) mass is 317 g/mol. The van der Waals surface area contributed by atoms with Gasteiger partial charge in [-0.1, -0.05) is 12.1 Å². The summed E-state index contributed by atoms with van der Waals surface area (Å²) in [6.07, 6.45) is 2.08. The summed E-state index contributed by atoms with van der Waals surface area (Å²) in [5, 5.41) is 5.68. The van der Waals surface area contributed by atoms with Gasteiger partial charge in [0.05, 0.1) is 12.6 Å². The summed E-state index contributed by atoms with van der Waals surface area (Å²) in [7, 11) is 1.74. The summed E-state index contributed by atoms with van der Waals surface area (Å²) < 4.78 is 0. The molecule has 2 amide bonds. The van der Waals surface area contributed by atoms with E-state index in [-0.39, 0.29) is 24.1 Å². The van der Waals surface area contributed by atoms with Crippen molar-refractivity contribution in [3.63, 3.8) is 0 Å². The molecule has 1 atom stereocenters. The van der Waals surface area contributed by atoms with Crippen LogP contribution in [0.4, 0.5) is 5.69 Å². The molecular formula is C17H23N3O3. The second-order valence-electron chi connectivity index (χ2n) is 6.06. The van der Waals surface area contributed by atoms with Gasteiger partial charge in [0.2, 0.25) is 11.8 Å². The molecule has 124 valence electrons. The van der Waals surface area contributed by atoms with Gasteiger partial charge in [-0.15, -0.1) is 0 Å². The number of ketones is 1. The molecule has 0 aromatic heterocycles. The van der Waals surface area contributed by atoms with Crippen molar-refractivity contribution in [2.45, 2.75) is 38.8 Å². The molecular weight excluding hydrogens is 294 g/mol. The highest BCUT2D eigenvalue weighted by molar-refractivity contribution is 5.98. The first-order valence-corrected chi connectivity index (χ1v) is 7.78. The molecule has 6 nitrogen and oxygen atoms in total. The predicted molar refractivity (Wildman–Crippen MR) is 88.3 cm³/mol. The number of nitrogens with zero attached hydrogens (tertiary/aromatic N) is 1. The van der Waals surface area contributed by atoms with E-state index < -0.39 is 6.04 Å². The number of Topliss-reactive ketones (excluding diaryl/α,β-unsaturated/α-hetero) is 1. The van der Waals surface area contributed by atoms with Crippen molar-refractivity contribution in [2.75, 3.05) is 18.9 Å². The van der Waals surface area contributed by atoms with Crippen LogP contribution in [0.15, 0.2) is 24.3 Å². The van der Waals surface area contributed by atoms with Crippen LogP contribution in [0, 0.1) is 0 Å². The van der Waals surface area contributed by atoms with E-state index in [1.165, 1.54) is 6.92 Å². The Morgan fingerprint density at radius 3 is 2.61 bits per heavy atom. The third-order valence-corrected chi connectivity index (χ3v) is 3.91. The zero-order valence-corrected chi connectivity index (χ0v) is 13.8. The summed E-state index contributed by atoms with van der Waals surface area (Å²) in [6, 6.07) is 6.67. The number of amides is 2. The second-order valence-corrected chi connectivity index (χ2v) is 6.06. The molecule has 0 bridgehead atoms. The van der Waals surface area contributed by atoms with E-state index in [1.54, 1.807) is 43.1 Å². The zero-order valence-electron chi connectivity index (χ0n) is 13.8. The Bertz CT molecular complexity index is 611. The van der Waals surface area contributed by atoms with Crippen molar-refractivity contribution in [1.82, 2.24) is 10.2 Å². The van der Waals surface area contributed by atoms with Crippen LogP contribution in [0.2, 0.25) is 0 Å². The molecule has 0 heterocycles. The van der Waals surface area contributed by atoms with Crippen LogP contribution < -0.4 is 10.6 Å². The van der Waals surface area contributed by atoms with E-state index in [0.717, 1.165) is 12.8 Å². The maximum absolute atomic E-state index is 12.3. The van der Waals surface area contributed by atoms with E-state index >= 15 is 0 Å². The number of carbonyl (C=O) groups is 3. The number of hydrogen-bond acceptors (Lipinski definition) is 4. The van der Waals surface area contributed by atoms with Gasteiger partial charge in [-0.2, -0.15) is 0 Å². The van der Waals surface area contributed by atoms with Gasteiger partial charge >= 0.3 is 0 Å². The minimum Gasteiger partial charge on any atom is -0.352 e. The fourth-order valence-electron chi connectivity index (χ4n) is 2.13. The van der Waals surface area contributed by atoms with Gasteiger partial charge < -0.3 is 10.6 Å². The van der Waals surface area contributed by atoms with Crippen LogP contribution in [0.3, 0.4) is 0 Å². The molecule has 2 rings (SSSR count). The summed E-state index contributed by atoms with van der Waals surface area (Å²) >= 11 is 0. The summed E-state index contributed by atoms with van der Waals surface area (Å²) in [6.45, 7) is 3.41. The number of rotatable bonds is 7. The lowest BCUT2D eigenvalue weighted by molar-refractivity contribution is -0.124. The van der Waals surface area contributed by atoms with Crippen LogP contribution in [-0.2, 0) is 9.59 Å². The minimum atomic E-state index is -0.457. The van der Waals surface area contributed by atoms with Gasteiger partial charge in [-0.25, -0.2) is 0 Å². The maximum Gasteiger partial charge on any atom is 0.241 e. The Kier molecular flexibility index (Phi) is 5.50. The van der Waals surface area contributed by atoms with Gasteiger partial charge in [0, 0.05) is 17.3 Å². The number of hydrogen-bond donors (Lipinski definition) is 2. The first-order chi connectivity index (χ1) is 10.9. The van der Waals surface area contributed by atoms with E-state index in [9.17, 15) is 14.4 Å². The first kappa shape index (κ1) is 17.1. The summed E-state index contributed by atoms with van der Waals surface area (Å²) in [4.78, 5) is 37.1. The standard InChI is InChI=1S/C17H23N3O3/c1-11(20(3)10-16(22)18-14-7-8-14)17(23)19-15-6-4-5-13(9-15)12(2)21/h4-6,9,11,14H,7-8,10H2,1-3H3,(H,18,22)(H,19,23)/t11-/m1/s1. The smallest absolute Gasteiger partial charge is 0.241 e. The van der Waals surface area contributed by atoms with Crippen LogP contribution in [0.25, 0.3) is 0 Å². The van der Waals surface area contributed by atoms with Crippen molar-refractivity contribution in [2.24, 2.45) is 0 Å². The molecule has 1 aliphatic carbocycles. The van der Waals surface area contributed by atoms with Crippen molar-refractivity contribution in [1.29, 1.82) is 0 Å². The molecule has 23 heavy (non-hydrogen) atoms. The summed E-state index contributed by atoms with van der Waals surface area (Å²) in [5.74, 6) is -0.330. The Morgan fingerprint density at radius 1 is 1.30 bits per heavy atom. The largest absolute Gasteiger partial charge is 0.352 e. The van der Waals surface area contributed by atoms with E-state index in [0.29, 0.717) is 17.3 Å². The van der Waals surface area contributed by atoms with E-state index in [2.05, 4.69) is 10.6 Å². The number of anilines is 1. The number of likely N-dealkylation sites (N-methyl/N-ethyl adjacent to an activating group) is 1. The minimum absolute atomic E-state index is 0.0528. The third kappa shape index (κ3) is 5.17. The average molecular weight is 317 g/mol. The van der Waals surface area contributed by atoms with E-state index in [4.69, 9.17) is 0 Å². The fourth-order valence-corrected chi connectivity index (χ4v) is 2.13. The number of benzene rings is 1. The topological polar surface area (TPSA) is 78.5 Å². The molecule has 0 aliphatic heterocycles. The van der Waals surface area contributed by atoms with Gasteiger partial charge in [0.15, 0.2) is 5.78 Å². The molecule has 0 spiro atoms. The van der Waals surface area contributed by atoms with Crippen molar-refractivity contribution >= 4 is 23.3 Å². The van der Waals surface area contributed by atoms with Gasteiger partial charge in [-0.05, 0) is 45.9 Å². The molecule has 0 unspecified atom stereocenters. The van der Waals surface area contributed by atoms with Crippen LogP contribution in [-0.4, -0.2) is 48.2 Å². The highest BCUT2D eigenvalue weighted by Gasteiger charge is 2.25. The fraction of sp³-hybridized carbons (Fsp3) is 0.471. The molecule has 1 aliphatic rings. The van der Waals surface area contributed by atoms with Crippen molar-refractivity contribution < 1.29 is 14.4 Å². The van der Waals surface area contributed by atoms with Crippen LogP contribution in [0.5, 0.6) is 0 Å². The SMILES string of the molecule is CC(=O)c1cccc(NC(=O)[C@@H](C)N(C)CC(=O)NC2CC2)c1. The Morgan fingerprint density at radius 2 is 2.00 bits per heavy atom. The average Bonchev–Trinajstić information content (AvgIpc) is 3.30. The summed E-state index contributed by atoms with van der Waals surface area (Å²) in [5.41, 5.74) is 1.12. The Hall–Kier alpha value is -2.21. The van der Waals surface area contributed by atoms with Gasteiger partial charge in [0.1, 0.15) is 0 Å². The lowest BCUT2D eigenvalue weighted by atomic mass is 10.1. The highest BCUT2D eigenvalue weighted by atomic mass is 16.2. The molecule has 1 saturated carbocycles. The number of carbonyl (C=O) groups excluding carboxylic acids is 3. The molecule has 0 radical (unpaired) electrons. The third-order valence-electron chi connectivity index (χ3n) is 3.91. The second kappa shape index (κ2) is 7.37. The first-order valence-electron chi connectivity index (χ1n) is 7.78. The molecule has 2 N–H and O–H groups in total.